The molecule has 0 atom stereocenters. The van der Waals surface area contributed by atoms with Gasteiger partial charge in [0.05, 0.1) is 23.3 Å². The molecular formula is C17H9N3O. The van der Waals surface area contributed by atoms with Crippen LogP contribution in [0.15, 0.2) is 59.1 Å². The number of rotatable bonds is 2. The summed E-state index contributed by atoms with van der Waals surface area (Å²) >= 11 is 0. The van der Waals surface area contributed by atoms with Crippen LogP contribution >= 0.6 is 0 Å². The number of hydrogen-bond donors (Lipinski definition) is 0. The molecule has 0 fully saturated rings. The summed E-state index contributed by atoms with van der Waals surface area (Å²) in [7, 11) is 0. The van der Waals surface area contributed by atoms with Crippen LogP contribution < -0.4 is 0 Å². The van der Waals surface area contributed by atoms with Gasteiger partial charge >= 0.3 is 0 Å². The molecule has 1 heterocycles. The molecule has 4 nitrogen and oxygen atoms in total. The Labute approximate surface area is 121 Å². The highest BCUT2D eigenvalue weighted by Crippen LogP contribution is 2.26. The topological polar surface area (TPSA) is 73.6 Å². The molecule has 0 N–H and O–H groups in total. The van der Waals surface area contributed by atoms with Crippen molar-refractivity contribution in [3.63, 3.8) is 0 Å². The van der Waals surface area contributed by atoms with Gasteiger partial charge in [0, 0.05) is 17.2 Å². The molecule has 0 saturated carbocycles. The molecule has 0 bridgehead atoms. The fraction of sp³-hybridized carbons (Fsp3) is 0. The second kappa shape index (κ2) is 5.32. The molecule has 0 saturated heterocycles. The lowest BCUT2D eigenvalue weighted by molar-refractivity contribution is 0.435. The van der Waals surface area contributed by atoms with Gasteiger partial charge in [0.15, 0.2) is 5.76 Å². The minimum Gasteiger partial charge on any atom is -0.356 e. The Morgan fingerprint density at radius 3 is 2.29 bits per heavy atom. The lowest BCUT2D eigenvalue weighted by atomic mass is 10.1. The average Bonchev–Trinajstić information content (AvgIpc) is 3.05. The van der Waals surface area contributed by atoms with E-state index in [1.54, 1.807) is 24.3 Å². The molecular weight excluding hydrogens is 262 g/mol. The molecule has 0 aliphatic rings. The number of benzene rings is 2. The zero-order chi connectivity index (χ0) is 14.7. The fourth-order valence-corrected chi connectivity index (χ4v) is 2.00. The Balaban J connectivity index is 1.96. The maximum absolute atomic E-state index is 8.92. The van der Waals surface area contributed by atoms with Crippen molar-refractivity contribution < 1.29 is 4.52 Å². The van der Waals surface area contributed by atoms with Crippen LogP contribution in [0.2, 0.25) is 0 Å². The molecule has 0 radical (unpaired) electrons. The highest BCUT2D eigenvalue weighted by molar-refractivity contribution is 5.68. The molecule has 0 unspecified atom stereocenters. The van der Waals surface area contributed by atoms with Crippen molar-refractivity contribution in [1.29, 1.82) is 10.5 Å². The smallest absolute Gasteiger partial charge is 0.167 e. The molecule has 2 aromatic carbocycles. The third kappa shape index (κ3) is 2.51. The summed E-state index contributed by atoms with van der Waals surface area (Å²) in [6.45, 7) is 0. The first-order chi connectivity index (χ1) is 10.3. The van der Waals surface area contributed by atoms with Crippen molar-refractivity contribution in [3.05, 3.63) is 65.7 Å². The lowest BCUT2D eigenvalue weighted by Crippen LogP contribution is -1.79. The molecule has 3 aromatic rings. The fourth-order valence-electron chi connectivity index (χ4n) is 2.00. The molecule has 3 rings (SSSR count). The van der Waals surface area contributed by atoms with E-state index in [0.717, 1.165) is 11.1 Å². The Bertz CT molecular complexity index is 864. The normalized spacial score (nSPS) is 9.81. The molecule has 0 amide bonds. The first-order valence-electron chi connectivity index (χ1n) is 6.28. The zero-order valence-corrected chi connectivity index (χ0v) is 10.9. The molecule has 21 heavy (non-hydrogen) atoms. The minimum absolute atomic E-state index is 0.579. The van der Waals surface area contributed by atoms with Crippen LogP contribution in [0.1, 0.15) is 11.1 Å². The van der Waals surface area contributed by atoms with Gasteiger partial charge in [-0.2, -0.15) is 10.5 Å². The summed E-state index contributed by atoms with van der Waals surface area (Å²) in [5.41, 5.74) is 3.53. The number of aromatic nitrogens is 1. The Hall–Kier alpha value is -3.37. The van der Waals surface area contributed by atoms with Gasteiger partial charge in [0.1, 0.15) is 5.69 Å². The summed E-state index contributed by atoms with van der Waals surface area (Å²) in [6.07, 6.45) is 0. The first-order valence-corrected chi connectivity index (χ1v) is 6.28. The second-order valence-electron chi connectivity index (χ2n) is 4.46. The molecule has 1 aromatic heterocycles. The van der Waals surface area contributed by atoms with Gasteiger partial charge in [-0.25, -0.2) is 0 Å². The Morgan fingerprint density at radius 2 is 1.57 bits per heavy atom. The van der Waals surface area contributed by atoms with E-state index >= 15 is 0 Å². The minimum atomic E-state index is 0.579. The standard InChI is InChI=1S/C17H9N3O/c18-10-12-4-6-14(7-5-12)17-9-16(20-21-17)15-3-1-2-13(8-15)11-19/h1-9H. The summed E-state index contributed by atoms with van der Waals surface area (Å²) in [5, 5.41) is 21.7. The number of hydrogen-bond acceptors (Lipinski definition) is 4. The SMILES string of the molecule is N#Cc1ccc(-c2cc(-c3cccc(C#N)c3)no2)cc1. The van der Waals surface area contributed by atoms with E-state index in [4.69, 9.17) is 15.0 Å². The molecule has 4 heteroatoms. The van der Waals surface area contributed by atoms with E-state index < -0.39 is 0 Å². The monoisotopic (exact) mass is 271 g/mol. The van der Waals surface area contributed by atoms with Crippen molar-refractivity contribution in [2.45, 2.75) is 0 Å². The van der Waals surface area contributed by atoms with Gasteiger partial charge in [0.2, 0.25) is 0 Å². The predicted molar refractivity (Wildman–Crippen MR) is 76.8 cm³/mol. The van der Waals surface area contributed by atoms with E-state index in [1.807, 2.05) is 30.3 Å². The van der Waals surface area contributed by atoms with Crippen LogP contribution in [0.3, 0.4) is 0 Å². The van der Waals surface area contributed by atoms with Crippen LogP contribution in [0.5, 0.6) is 0 Å². The highest BCUT2D eigenvalue weighted by Gasteiger charge is 2.09. The largest absolute Gasteiger partial charge is 0.356 e. The van der Waals surface area contributed by atoms with Gasteiger partial charge in [0.25, 0.3) is 0 Å². The van der Waals surface area contributed by atoms with E-state index in [9.17, 15) is 0 Å². The zero-order valence-electron chi connectivity index (χ0n) is 10.9. The summed E-state index contributed by atoms with van der Waals surface area (Å²) in [4.78, 5) is 0. The van der Waals surface area contributed by atoms with E-state index in [0.29, 0.717) is 22.6 Å². The van der Waals surface area contributed by atoms with E-state index in [-0.39, 0.29) is 0 Å². The van der Waals surface area contributed by atoms with Crippen LogP contribution in [0, 0.1) is 22.7 Å². The maximum atomic E-state index is 8.92. The summed E-state index contributed by atoms with van der Waals surface area (Å²) in [5.74, 6) is 0.622. The van der Waals surface area contributed by atoms with Gasteiger partial charge < -0.3 is 4.52 Å². The van der Waals surface area contributed by atoms with Gasteiger partial charge in [-0.1, -0.05) is 17.3 Å². The van der Waals surface area contributed by atoms with Gasteiger partial charge in [-0.3, -0.25) is 0 Å². The van der Waals surface area contributed by atoms with Crippen LogP contribution in [-0.2, 0) is 0 Å². The second-order valence-corrected chi connectivity index (χ2v) is 4.46. The quantitative estimate of drug-likeness (QED) is 0.711. The molecule has 0 aliphatic heterocycles. The molecule has 98 valence electrons. The maximum Gasteiger partial charge on any atom is 0.167 e. The van der Waals surface area contributed by atoms with Crippen molar-refractivity contribution in [2.75, 3.05) is 0 Å². The van der Waals surface area contributed by atoms with Crippen molar-refractivity contribution >= 4 is 0 Å². The number of nitrogens with zero attached hydrogens (tertiary/aromatic N) is 3. The van der Waals surface area contributed by atoms with Crippen molar-refractivity contribution in [2.24, 2.45) is 0 Å². The highest BCUT2D eigenvalue weighted by atomic mass is 16.5. The van der Waals surface area contributed by atoms with Crippen LogP contribution in [0.4, 0.5) is 0 Å². The van der Waals surface area contributed by atoms with E-state index in [1.165, 1.54) is 0 Å². The van der Waals surface area contributed by atoms with Gasteiger partial charge in [-0.05, 0) is 36.4 Å². The third-order valence-electron chi connectivity index (χ3n) is 3.10. The first kappa shape index (κ1) is 12.7. The molecule has 0 aliphatic carbocycles. The van der Waals surface area contributed by atoms with Crippen LogP contribution in [-0.4, -0.2) is 5.16 Å². The van der Waals surface area contributed by atoms with Gasteiger partial charge in [-0.15, -0.1) is 0 Å². The average molecular weight is 271 g/mol. The van der Waals surface area contributed by atoms with Crippen molar-refractivity contribution in [1.82, 2.24) is 5.16 Å². The number of nitriles is 2. The summed E-state index contributed by atoms with van der Waals surface area (Å²) < 4.78 is 5.34. The lowest BCUT2D eigenvalue weighted by Gasteiger charge is -1.95. The van der Waals surface area contributed by atoms with Crippen LogP contribution in [0.25, 0.3) is 22.6 Å². The third-order valence-corrected chi connectivity index (χ3v) is 3.10. The molecule has 0 spiro atoms. The summed E-state index contributed by atoms with van der Waals surface area (Å²) in [6, 6.07) is 20.3. The van der Waals surface area contributed by atoms with E-state index in [2.05, 4.69) is 17.3 Å². The predicted octanol–water partition coefficient (Wildman–Crippen LogP) is 3.75. The Kier molecular flexibility index (Phi) is 3.21. The van der Waals surface area contributed by atoms with Crippen molar-refractivity contribution in [3.8, 4) is 34.7 Å². The Morgan fingerprint density at radius 1 is 0.810 bits per heavy atom.